The Morgan fingerprint density at radius 1 is 1.75 bits per heavy atom. The van der Waals surface area contributed by atoms with Crippen molar-refractivity contribution >= 4 is 5.97 Å². The molecule has 0 spiro atoms. The second-order valence-corrected chi connectivity index (χ2v) is 2.97. The molecule has 1 aliphatic rings. The fourth-order valence-electron chi connectivity index (χ4n) is 1.20. The summed E-state index contributed by atoms with van der Waals surface area (Å²) < 4.78 is 4.84. The maximum Gasteiger partial charge on any atom is 0.307 e. The molecule has 12 heavy (non-hydrogen) atoms. The van der Waals surface area contributed by atoms with E-state index in [2.05, 4.69) is 10.1 Å². The molecule has 0 aliphatic heterocycles. The first-order valence-corrected chi connectivity index (χ1v) is 3.71. The normalized spacial score (nSPS) is 27.1. The Labute approximate surface area is 68.4 Å². The van der Waals surface area contributed by atoms with Crippen LogP contribution in [0.3, 0.4) is 0 Å². The van der Waals surface area contributed by atoms with E-state index in [0.717, 1.165) is 0 Å². The van der Waals surface area contributed by atoms with Crippen molar-refractivity contribution in [3.8, 4) is 0 Å². The summed E-state index contributed by atoms with van der Waals surface area (Å²) in [4.78, 5) is 14.4. The topological polar surface area (TPSA) is 76.2 Å². The number of hydrogen-bond donors (Lipinski definition) is 1. The quantitative estimate of drug-likeness (QED) is 0.698. The van der Waals surface area contributed by atoms with Gasteiger partial charge in [-0.25, -0.2) is 0 Å². The lowest BCUT2D eigenvalue weighted by atomic mass is 10.3. The monoisotopic (exact) mass is 168 g/mol. The molecule has 5 heteroatoms. The van der Waals surface area contributed by atoms with E-state index in [1.54, 1.807) is 6.92 Å². The van der Waals surface area contributed by atoms with E-state index >= 15 is 0 Å². The number of aromatic nitrogens is 2. The molecule has 0 saturated heterocycles. The Morgan fingerprint density at radius 3 is 2.92 bits per heavy atom. The number of carbonyl (C=O) groups is 1. The Kier molecular flexibility index (Phi) is 1.39. The molecule has 64 valence electrons. The highest BCUT2D eigenvalue weighted by Gasteiger charge is 2.47. The van der Waals surface area contributed by atoms with Gasteiger partial charge in [-0.1, -0.05) is 5.16 Å². The van der Waals surface area contributed by atoms with Crippen molar-refractivity contribution in [2.24, 2.45) is 5.92 Å². The van der Waals surface area contributed by atoms with Crippen molar-refractivity contribution in [2.75, 3.05) is 0 Å². The summed E-state index contributed by atoms with van der Waals surface area (Å²) in [6.07, 6.45) is 0.622. The predicted octanol–water partition coefficient (Wildman–Crippen LogP) is 0.566. The maximum absolute atomic E-state index is 10.5. The zero-order valence-electron chi connectivity index (χ0n) is 6.52. The van der Waals surface area contributed by atoms with Gasteiger partial charge in [-0.2, -0.15) is 4.98 Å². The van der Waals surface area contributed by atoms with E-state index in [0.29, 0.717) is 18.1 Å². The first-order valence-electron chi connectivity index (χ1n) is 3.71. The van der Waals surface area contributed by atoms with Gasteiger partial charge in [0.2, 0.25) is 5.89 Å². The van der Waals surface area contributed by atoms with Crippen LogP contribution in [0.1, 0.15) is 24.1 Å². The van der Waals surface area contributed by atoms with Crippen molar-refractivity contribution in [3.63, 3.8) is 0 Å². The van der Waals surface area contributed by atoms with Crippen molar-refractivity contribution in [1.82, 2.24) is 10.1 Å². The van der Waals surface area contributed by atoms with Gasteiger partial charge in [0, 0.05) is 0 Å². The molecule has 1 heterocycles. The summed E-state index contributed by atoms with van der Waals surface area (Å²) in [5, 5.41) is 12.2. The van der Waals surface area contributed by atoms with Crippen LogP contribution in [0.15, 0.2) is 4.52 Å². The Bertz CT molecular complexity index is 320. The molecular weight excluding hydrogens is 160 g/mol. The molecule has 0 bridgehead atoms. The van der Waals surface area contributed by atoms with Crippen LogP contribution in [0.4, 0.5) is 0 Å². The molecule has 0 amide bonds. The molecule has 1 N–H and O–H groups in total. The van der Waals surface area contributed by atoms with Crippen LogP contribution in [0.25, 0.3) is 0 Å². The highest BCUT2D eigenvalue weighted by molar-refractivity contribution is 5.74. The molecule has 0 aromatic carbocycles. The van der Waals surface area contributed by atoms with Gasteiger partial charge >= 0.3 is 5.97 Å². The minimum atomic E-state index is -0.782. The van der Waals surface area contributed by atoms with Crippen LogP contribution in [-0.4, -0.2) is 21.2 Å². The lowest BCUT2D eigenvalue weighted by molar-refractivity contribution is -0.138. The number of carboxylic acids is 1. The van der Waals surface area contributed by atoms with Gasteiger partial charge < -0.3 is 9.63 Å². The molecule has 1 fully saturated rings. The standard InChI is InChI=1S/C7H8N2O3/c1-3-8-6(12-9-3)4-2-5(4)7(10)11/h4-5H,2H2,1H3,(H,10,11)/t4-,5-/m1/s1. The van der Waals surface area contributed by atoms with Crippen molar-refractivity contribution in [2.45, 2.75) is 19.3 Å². The Morgan fingerprint density at radius 2 is 2.50 bits per heavy atom. The van der Waals surface area contributed by atoms with E-state index in [4.69, 9.17) is 9.63 Å². The number of hydrogen-bond acceptors (Lipinski definition) is 4. The summed E-state index contributed by atoms with van der Waals surface area (Å²) in [7, 11) is 0. The number of carboxylic acid groups (broad SMARTS) is 1. The van der Waals surface area contributed by atoms with Crippen LogP contribution in [0, 0.1) is 12.8 Å². The molecule has 1 aromatic heterocycles. The lowest BCUT2D eigenvalue weighted by Crippen LogP contribution is -1.98. The molecule has 1 saturated carbocycles. The van der Waals surface area contributed by atoms with Crippen LogP contribution < -0.4 is 0 Å². The fourth-order valence-corrected chi connectivity index (χ4v) is 1.20. The molecule has 2 atom stereocenters. The molecule has 1 aromatic rings. The number of aryl methyl sites for hydroxylation is 1. The maximum atomic E-state index is 10.5. The van der Waals surface area contributed by atoms with E-state index in [1.165, 1.54) is 0 Å². The summed E-state index contributed by atoms with van der Waals surface area (Å²) in [6, 6.07) is 0. The third-order valence-corrected chi connectivity index (χ3v) is 1.97. The van der Waals surface area contributed by atoms with E-state index in [9.17, 15) is 4.79 Å². The van der Waals surface area contributed by atoms with Crippen LogP contribution >= 0.6 is 0 Å². The molecular formula is C7H8N2O3. The first kappa shape index (κ1) is 7.27. The summed E-state index contributed by atoms with van der Waals surface area (Å²) in [6.45, 7) is 1.71. The van der Waals surface area contributed by atoms with Crippen molar-refractivity contribution in [1.29, 1.82) is 0 Å². The highest BCUT2D eigenvalue weighted by Crippen LogP contribution is 2.46. The summed E-state index contributed by atoms with van der Waals surface area (Å²) in [5.41, 5.74) is 0. The van der Waals surface area contributed by atoms with Gasteiger partial charge in [0.15, 0.2) is 5.82 Å². The van der Waals surface area contributed by atoms with Crippen molar-refractivity contribution < 1.29 is 14.4 Å². The van der Waals surface area contributed by atoms with E-state index < -0.39 is 5.97 Å². The highest BCUT2D eigenvalue weighted by atomic mass is 16.5. The second kappa shape index (κ2) is 2.30. The number of nitrogens with zero attached hydrogens (tertiary/aromatic N) is 2. The zero-order valence-corrected chi connectivity index (χ0v) is 6.52. The molecule has 1 aliphatic carbocycles. The number of aliphatic carboxylic acids is 1. The van der Waals surface area contributed by atoms with Gasteiger partial charge in [0.25, 0.3) is 0 Å². The molecule has 5 nitrogen and oxygen atoms in total. The Hall–Kier alpha value is -1.39. The third kappa shape index (κ3) is 1.07. The minimum Gasteiger partial charge on any atom is -0.481 e. The summed E-state index contributed by atoms with van der Waals surface area (Å²) in [5.74, 6) is -0.134. The van der Waals surface area contributed by atoms with Crippen LogP contribution in [0.2, 0.25) is 0 Å². The Balaban J connectivity index is 2.10. The largest absolute Gasteiger partial charge is 0.481 e. The van der Waals surface area contributed by atoms with Gasteiger partial charge in [0.05, 0.1) is 11.8 Å². The molecule has 2 rings (SSSR count). The SMILES string of the molecule is Cc1noc([C@@H]2C[C@H]2C(=O)O)n1. The average Bonchev–Trinajstić information content (AvgIpc) is 2.70. The zero-order chi connectivity index (χ0) is 8.72. The van der Waals surface area contributed by atoms with E-state index in [1.807, 2.05) is 0 Å². The second-order valence-electron chi connectivity index (χ2n) is 2.97. The van der Waals surface area contributed by atoms with Crippen LogP contribution in [-0.2, 0) is 4.79 Å². The average molecular weight is 168 g/mol. The lowest BCUT2D eigenvalue weighted by Gasteiger charge is -1.85. The first-order chi connectivity index (χ1) is 5.68. The fraction of sp³-hybridized carbons (Fsp3) is 0.571. The predicted molar refractivity (Wildman–Crippen MR) is 37.5 cm³/mol. The van der Waals surface area contributed by atoms with E-state index in [-0.39, 0.29) is 11.8 Å². The molecule has 0 unspecified atom stereocenters. The van der Waals surface area contributed by atoms with Gasteiger partial charge in [-0.3, -0.25) is 4.79 Å². The van der Waals surface area contributed by atoms with Gasteiger partial charge in [0.1, 0.15) is 0 Å². The van der Waals surface area contributed by atoms with Gasteiger partial charge in [-0.15, -0.1) is 0 Å². The minimum absolute atomic E-state index is 0.0521. The molecule has 0 radical (unpaired) electrons. The smallest absolute Gasteiger partial charge is 0.307 e. The van der Waals surface area contributed by atoms with Gasteiger partial charge in [-0.05, 0) is 13.3 Å². The number of rotatable bonds is 2. The summed E-state index contributed by atoms with van der Waals surface area (Å²) >= 11 is 0. The van der Waals surface area contributed by atoms with Crippen LogP contribution in [0.5, 0.6) is 0 Å². The third-order valence-electron chi connectivity index (χ3n) is 1.97. The van der Waals surface area contributed by atoms with Crippen molar-refractivity contribution in [3.05, 3.63) is 11.7 Å².